The van der Waals surface area contributed by atoms with Crippen LogP contribution in [-0.2, 0) is 0 Å². The van der Waals surface area contributed by atoms with Crippen molar-refractivity contribution in [3.05, 3.63) is 40.1 Å². The van der Waals surface area contributed by atoms with Crippen LogP contribution in [0.5, 0.6) is 5.75 Å². The second-order valence-corrected chi connectivity index (χ2v) is 4.02. The number of carbonyl (C=O) groups excluding carboxylic acids is 1. The van der Waals surface area contributed by atoms with Gasteiger partial charge in [0.05, 0.1) is 0 Å². The Morgan fingerprint density at radius 2 is 2.28 bits per heavy atom. The van der Waals surface area contributed by atoms with Crippen LogP contribution in [0.25, 0.3) is 0 Å². The highest BCUT2D eigenvalue weighted by Crippen LogP contribution is 2.23. The number of hydrogen-bond acceptors (Lipinski definition) is 5. The van der Waals surface area contributed by atoms with Crippen LogP contribution in [0.3, 0.4) is 0 Å². The Bertz CT molecular complexity index is 490. The molecule has 0 amide bonds. The topological polar surface area (TPSA) is 79.5 Å². The fourth-order valence-electron chi connectivity index (χ4n) is 1.55. The summed E-state index contributed by atoms with van der Waals surface area (Å²) in [5.74, 6) is 0.0561. The maximum absolute atomic E-state index is 11.4. The van der Waals surface area contributed by atoms with Crippen molar-refractivity contribution in [1.29, 1.82) is 0 Å². The minimum Gasteiger partial charge on any atom is -0.507 e. The largest absolute Gasteiger partial charge is 0.507 e. The summed E-state index contributed by atoms with van der Waals surface area (Å²) in [7, 11) is 1.81. The van der Waals surface area contributed by atoms with E-state index in [0.29, 0.717) is 12.0 Å². The first kappa shape index (κ1) is 14.0. The van der Waals surface area contributed by atoms with E-state index in [0.717, 1.165) is 12.8 Å². The molecule has 2 N–H and O–H groups in total. The van der Waals surface area contributed by atoms with Gasteiger partial charge in [0.15, 0.2) is 6.29 Å². The average molecular weight is 251 g/mol. The van der Waals surface area contributed by atoms with E-state index in [1.165, 1.54) is 6.07 Å². The van der Waals surface area contributed by atoms with Gasteiger partial charge in [-0.1, -0.05) is 13.0 Å². The maximum Gasteiger partial charge on any atom is 0.350 e. The summed E-state index contributed by atoms with van der Waals surface area (Å²) in [6.07, 6.45) is 5.69. The predicted octanol–water partition coefficient (Wildman–Crippen LogP) is 1.77. The third-order valence-corrected chi connectivity index (χ3v) is 2.64. The molecule has 98 valence electrons. The Morgan fingerprint density at radius 1 is 1.56 bits per heavy atom. The van der Waals surface area contributed by atoms with Crippen molar-refractivity contribution < 1.29 is 14.3 Å². The second kappa shape index (κ2) is 6.64. The van der Waals surface area contributed by atoms with E-state index in [-0.39, 0.29) is 17.2 Å². The lowest BCUT2D eigenvalue weighted by atomic mass is 10.0. The number of rotatable bonds is 6. The summed E-state index contributed by atoms with van der Waals surface area (Å²) in [6.45, 7) is 1.89. The number of carbonyl (C=O) groups is 1. The van der Waals surface area contributed by atoms with Gasteiger partial charge in [-0.25, -0.2) is 4.79 Å². The van der Waals surface area contributed by atoms with Crippen LogP contribution in [0.15, 0.2) is 27.6 Å². The molecule has 5 nitrogen and oxygen atoms in total. The Balaban J connectivity index is 2.81. The molecule has 0 fully saturated rings. The first-order chi connectivity index (χ1) is 8.60. The molecule has 1 rings (SSSR count). The molecule has 1 aromatic rings. The predicted molar refractivity (Wildman–Crippen MR) is 67.9 cm³/mol. The number of hydrogen-bond donors (Lipinski definition) is 2. The fraction of sp³-hybridized carbons (Fsp3) is 0.385. The normalized spacial score (nSPS) is 12.6. The molecule has 0 aromatic carbocycles. The van der Waals surface area contributed by atoms with E-state index in [1.54, 1.807) is 0 Å². The molecule has 1 aromatic heterocycles. The summed E-state index contributed by atoms with van der Waals surface area (Å²) >= 11 is 0. The quantitative estimate of drug-likeness (QED) is 0.753. The minimum absolute atomic E-state index is 0.00851. The van der Waals surface area contributed by atoms with E-state index < -0.39 is 5.63 Å². The third-order valence-electron chi connectivity index (χ3n) is 2.64. The highest BCUT2D eigenvalue weighted by molar-refractivity contribution is 5.77. The summed E-state index contributed by atoms with van der Waals surface area (Å²) in [5.41, 5.74) is -1.13. The van der Waals surface area contributed by atoms with Crippen molar-refractivity contribution >= 4 is 6.29 Å². The zero-order valence-corrected chi connectivity index (χ0v) is 10.5. The standard InChI is InChI=1S/C13H17NO4/c1-9(5-3-4-6-14-2)12-7-11(16)10(8-15)13(17)18-12/h4,6-9,14,16H,3,5H2,1-2H3/b6-4+. The Morgan fingerprint density at radius 3 is 2.83 bits per heavy atom. The molecule has 1 atom stereocenters. The summed E-state index contributed by atoms with van der Waals surface area (Å²) < 4.78 is 5.01. The van der Waals surface area contributed by atoms with Gasteiger partial charge in [0, 0.05) is 19.0 Å². The van der Waals surface area contributed by atoms with Gasteiger partial charge >= 0.3 is 5.63 Å². The van der Waals surface area contributed by atoms with Gasteiger partial charge in [0.25, 0.3) is 0 Å². The van der Waals surface area contributed by atoms with Crippen molar-refractivity contribution in [2.24, 2.45) is 0 Å². The van der Waals surface area contributed by atoms with Crippen molar-refractivity contribution in [2.45, 2.75) is 25.7 Å². The monoisotopic (exact) mass is 251 g/mol. The van der Waals surface area contributed by atoms with Crippen LogP contribution < -0.4 is 10.9 Å². The van der Waals surface area contributed by atoms with Gasteiger partial charge in [0.2, 0.25) is 0 Å². The summed E-state index contributed by atoms with van der Waals surface area (Å²) in [5, 5.41) is 12.4. The minimum atomic E-state index is -0.794. The molecule has 0 radical (unpaired) electrons. The van der Waals surface area contributed by atoms with Crippen molar-refractivity contribution in [1.82, 2.24) is 5.32 Å². The smallest absolute Gasteiger partial charge is 0.350 e. The van der Waals surface area contributed by atoms with Crippen LogP contribution in [-0.4, -0.2) is 18.4 Å². The van der Waals surface area contributed by atoms with Crippen molar-refractivity contribution in [3.63, 3.8) is 0 Å². The first-order valence-corrected chi connectivity index (χ1v) is 5.74. The molecule has 1 heterocycles. The molecule has 1 unspecified atom stereocenters. The highest BCUT2D eigenvalue weighted by Gasteiger charge is 2.14. The summed E-state index contributed by atoms with van der Waals surface area (Å²) in [4.78, 5) is 21.9. The molecule has 0 spiro atoms. The van der Waals surface area contributed by atoms with Gasteiger partial charge < -0.3 is 14.8 Å². The van der Waals surface area contributed by atoms with E-state index in [9.17, 15) is 14.7 Å². The van der Waals surface area contributed by atoms with Gasteiger partial charge in [-0.05, 0) is 19.0 Å². The number of allylic oxidation sites excluding steroid dienone is 1. The first-order valence-electron chi connectivity index (χ1n) is 5.74. The fourth-order valence-corrected chi connectivity index (χ4v) is 1.55. The van der Waals surface area contributed by atoms with Crippen LogP contribution in [0.4, 0.5) is 0 Å². The van der Waals surface area contributed by atoms with Crippen LogP contribution in [0, 0.1) is 0 Å². The van der Waals surface area contributed by atoms with Gasteiger partial charge in [-0.3, -0.25) is 4.79 Å². The zero-order valence-electron chi connectivity index (χ0n) is 10.5. The molecule has 0 saturated heterocycles. The van der Waals surface area contributed by atoms with Gasteiger partial charge in [0.1, 0.15) is 17.1 Å². The number of nitrogens with one attached hydrogen (secondary N) is 1. The number of aromatic hydroxyl groups is 1. The van der Waals surface area contributed by atoms with E-state index in [1.807, 2.05) is 26.2 Å². The average Bonchev–Trinajstić information content (AvgIpc) is 2.34. The Kier molecular flexibility index (Phi) is 5.17. The molecule has 0 aliphatic heterocycles. The van der Waals surface area contributed by atoms with E-state index in [2.05, 4.69) is 5.32 Å². The Labute approximate surface area is 105 Å². The molecule has 0 aliphatic rings. The van der Waals surface area contributed by atoms with E-state index in [4.69, 9.17) is 4.42 Å². The molecule has 18 heavy (non-hydrogen) atoms. The van der Waals surface area contributed by atoms with Crippen LogP contribution in [0.2, 0.25) is 0 Å². The van der Waals surface area contributed by atoms with Crippen molar-refractivity contribution in [3.8, 4) is 5.75 Å². The Hall–Kier alpha value is -2.04. The van der Waals surface area contributed by atoms with Crippen LogP contribution >= 0.6 is 0 Å². The molecule has 0 saturated carbocycles. The zero-order chi connectivity index (χ0) is 13.5. The number of aldehydes is 1. The second-order valence-electron chi connectivity index (χ2n) is 4.02. The SMILES string of the molecule is CN/C=C/CCC(C)c1cc(O)c(C=O)c(=O)o1. The van der Waals surface area contributed by atoms with Crippen LogP contribution in [0.1, 0.15) is 41.8 Å². The van der Waals surface area contributed by atoms with E-state index >= 15 is 0 Å². The molecule has 0 aliphatic carbocycles. The molecular formula is C13H17NO4. The van der Waals surface area contributed by atoms with Gasteiger partial charge in [-0.15, -0.1) is 0 Å². The summed E-state index contributed by atoms with van der Waals surface area (Å²) in [6, 6.07) is 1.33. The van der Waals surface area contributed by atoms with Crippen molar-refractivity contribution in [2.75, 3.05) is 7.05 Å². The van der Waals surface area contributed by atoms with Gasteiger partial charge in [-0.2, -0.15) is 0 Å². The molecule has 5 heteroatoms. The lowest BCUT2D eigenvalue weighted by molar-refractivity contribution is 0.111. The third kappa shape index (κ3) is 3.48. The maximum atomic E-state index is 11.4. The lowest BCUT2D eigenvalue weighted by Crippen LogP contribution is -2.09. The molecule has 0 bridgehead atoms. The highest BCUT2D eigenvalue weighted by atomic mass is 16.4. The molecular weight excluding hydrogens is 234 g/mol. The lowest BCUT2D eigenvalue weighted by Gasteiger charge is -2.09.